The third-order valence-electron chi connectivity index (χ3n) is 6.08. The highest BCUT2D eigenvalue weighted by molar-refractivity contribution is 7.18. The first-order valence-corrected chi connectivity index (χ1v) is 13.1. The van der Waals surface area contributed by atoms with Gasteiger partial charge in [-0.15, -0.1) is 0 Å². The minimum atomic E-state index is -4.66. The van der Waals surface area contributed by atoms with E-state index in [1.165, 1.54) is 13.0 Å². The summed E-state index contributed by atoms with van der Waals surface area (Å²) in [6.07, 6.45) is -4.71. The van der Waals surface area contributed by atoms with E-state index < -0.39 is 46.8 Å². The number of hydrogen-bond donors (Lipinski definition) is 2. The van der Waals surface area contributed by atoms with Gasteiger partial charge >= 0.3 is 6.18 Å². The summed E-state index contributed by atoms with van der Waals surface area (Å²) in [5.41, 5.74) is 2.94. The van der Waals surface area contributed by atoms with Crippen molar-refractivity contribution in [2.45, 2.75) is 45.9 Å². The Balaban J connectivity index is 1.77. The maximum Gasteiger partial charge on any atom is 0.416 e. The van der Waals surface area contributed by atoms with Crippen molar-refractivity contribution in [1.82, 2.24) is 4.98 Å². The number of alkyl halides is 3. The molecule has 1 aliphatic rings. The second-order valence-corrected chi connectivity index (χ2v) is 10.8. The normalized spacial score (nSPS) is 14.1. The van der Waals surface area contributed by atoms with E-state index >= 15 is 0 Å². The molecular weight excluding hydrogens is 576 g/mol. The van der Waals surface area contributed by atoms with Gasteiger partial charge in [-0.1, -0.05) is 22.9 Å². The number of nitrogens with two attached hydrogens (primary N) is 1. The van der Waals surface area contributed by atoms with Crippen molar-refractivity contribution in [3.63, 3.8) is 0 Å². The van der Waals surface area contributed by atoms with E-state index in [0.717, 1.165) is 40.5 Å². The van der Waals surface area contributed by atoms with Gasteiger partial charge in [-0.2, -0.15) is 13.2 Å². The van der Waals surface area contributed by atoms with E-state index in [0.29, 0.717) is 6.07 Å². The zero-order chi connectivity index (χ0) is 29.6. The van der Waals surface area contributed by atoms with Crippen molar-refractivity contribution in [2.75, 3.05) is 10.2 Å². The minimum Gasteiger partial charge on any atom is -0.489 e. The Labute approximate surface area is 235 Å². The molecule has 3 N–H and O–H groups in total. The maximum absolute atomic E-state index is 14.2. The summed E-state index contributed by atoms with van der Waals surface area (Å²) in [7, 11) is 0. The van der Waals surface area contributed by atoms with Gasteiger partial charge in [0.05, 0.1) is 33.8 Å². The predicted molar refractivity (Wildman–Crippen MR) is 141 cm³/mol. The molecule has 1 heterocycles. The number of thiazole rings is 1. The molecule has 0 bridgehead atoms. The monoisotopic (exact) mass is 598 g/mol. The highest BCUT2D eigenvalue weighted by Gasteiger charge is 2.58. The quantitative estimate of drug-likeness (QED) is 0.236. The molecule has 3 amide bonds. The van der Waals surface area contributed by atoms with E-state index in [4.69, 9.17) is 22.1 Å². The highest BCUT2D eigenvalue weighted by atomic mass is 35.5. The number of halogens is 5. The standard InChI is InChI=1S/C26H23ClF4N4O4S/c1-12(2)39-19-11-15(28)5-7-18(19)35(23(38)25(8-9-25)22(32)37)24-33-13(3)20(40-24)21(36)34-17-10-14(26(29,30)31)4-6-16(17)27/h4-7,10-12H,8-9H2,1-3H3,(H2,32,37)(H,34,36). The molecule has 1 saturated carbocycles. The van der Waals surface area contributed by atoms with Crippen molar-refractivity contribution in [3.05, 3.63) is 63.4 Å². The molecule has 3 aromatic rings. The lowest BCUT2D eigenvalue weighted by Gasteiger charge is -2.26. The summed E-state index contributed by atoms with van der Waals surface area (Å²) in [6, 6.07) is 5.93. The molecule has 1 aliphatic carbocycles. The number of ether oxygens (including phenoxy) is 1. The fourth-order valence-corrected chi connectivity index (χ4v) is 5.03. The summed E-state index contributed by atoms with van der Waals surface area (Å²) in [4.78, 5) is 44.5. The van der Waals surface area contributed by atoms with Crippen LogP contribution in [0.5, 0.6) is 5.75 Å². The number of carbonyl (C=O) groups is 3. The van der Waals surface area contributed by atoms with Gasteiger partial charge in [0.15, 0.2) is 5.13 Å². The second kappa shape index (κ2) is 10.7. The van der Waals surface area contributed by atoms with Crippen LogP contribution in [0.4, 0.5) is 34.1 Å². The van der Waals surface area contributed by atoms with Crippen LogP contribution in [-0.2, 0) is 15.8 Å². The number of anilines is 3. The Morgan fingerprint density at radius 1 is 1.18 bits per heavy atom. The van der Waals surface area contributed by atoms with Crippen LogP contribution in [0.3, 0.4) is 0 Å². The summed E-state index contributed by atoms with van der Waals surface area (Å²) < 4.78 is 59.4. The van der Waals surface area contributed by atoms with Crippen LogP contribution in [0.1, 0.15) is 47.6 Å². The van der Waals surface area contributed by atoms with E-state index in [-0.39, 0.29) is 50.7 Å². The number of aromatic nitrogens is 1. The smallest absolute Gasteiger partial charge is 0.416 e. The lowest BCUT2D eigenvalue weighted by Crippen LogP contribution is -2.41. The van der Waals surface area contributed by atoms with E-state index in [1.54, 1.807) is 13.8 Å². The molecule has 0 spiro atoms. The summed E-state index contributed by atoms with van der Waals surface area (Å²) in [6.45, 7) is 4.85. The molecular formula is C26H23ClF4N4O4S. The van der Waals surface area contributed by atoms with Crippen LogP contribution >= 0.6 is 22.9 Å². The lowest BCUT2D eigenvalue weighted by atomic mass is 10.0. The number of aryl methyl sites for hydroxylation is 1. The molecule has 0 atom stereocenters. The SMILES string of the molecule is Cc1nc(N(C(=O)C2(C(N)=O)CC2)c2ccc(F)cc2OC(C)C)sc1C(=O)Nc1cc(C(F)(F)F)ccc1Cl. The lowest BCUT2D eigenvalue weighted by molar-refractivity contribution is -0.137. The average Bonchev–Trinajstić information content (AvgIpc) is 3.58. The van der Waals surface area contributed by atoms with E-state index in [1.807, 2.05) is 0 Å². The molecule has 0 radical (unpaired) electrons. The van der Waals surface area contributed by atoms with Crippen LogP contribution in [-0.4, -0.2) is 28.8 Å². The van der Waals surface area contributed by atoms with Gasteiger partial charge in [-0.3, -0.25) is 19.3 Å². The van der Waals surface area contributed by atoms with Crippen molar-refractivity contribution < 1.29 is 36.7 Å². The second-order valence-electron chi connectivity index (χ2n) is 9.42. The van der Waals surface area contributed by atoms with Crippen LogP contribution in [0.2, 0.25) is 5.02 Å². The molecule has 40 heavy (non-hydrogen) atoms. The van der Waals surface area contributed by atoms with Crippen molar-refractivity contribution >= 4 is 57.2 Å². The number of nitrogens with one attached hydrogen (secondary N) is 1. The minimum absolute atomic E-state index is 0.0155. The van der Waals surface area contributed by atoms with Gasteiger partial charge in [-0.05, 0) is 63.9 Å². The number of rotatable bonds is 8. The predicted octanol–water partition coefficient (Wildman–Crippen LogP) is 6.23. The van der Waals surface area contributed by atoms with Crippen molar-refractivity contribution in [1.29, 1.82) is 0 Å². The first kappa shape index (κ1) is 29.3. The largest absolute Gasteiger partial charge is 0.489 e. The zero-order valence-corrected chi connectivity index (χ0v) is 22.9. The fourth-order valence-electron chi connectivity index (χ4n) is 3.89. The summed E-state index contributed by atoms with van der Waals surface area (Å²) in [5, 5.41) is 2.17. The average molecular weight is 599 g/mol. The van der Waals surface area contributed by atoms with Gasteiger partial charge in [0.2, 0.25) is 11.8 Å². The number of hydrogen-bond acceptors (Lipinski definition) is 6. The van der Waals surface area contributed by atoms with Gasteiger partial charge in [0.1, 0.15) is 21.9 Å². The van der Waals surface area contributed by atoms with Crippen molar-refractivity contribution in [3.8, 4) is 5.75 Å². The number of carbonyl (C=O) groups excluding carboxylic acids is 3. The van der Waals surface area contributed by atoms with Gasteiger partial charge in [0, 0.05) is 6.07 Å². The topological polar surface area (TPSA) is 115 Å². The Bertz CT molecular complexity index is 1500. The number of primary amides is 1. The van der Waals surface area contributed by atoms with Gasteiger partial charge in [-0.25, -0.2) is 9.37 Å². The Morgan fingerprint density at radius 3 is 2.42 bits per heavy atom. The van der Waals surface area contributed by atoms with Crippen molar-refractivity contribution in [2.24, 2.45) is 11.1 Å². The molecule has 2 aromatic carbocycles. The Hall–Kier alpha value is -3.71. The number of amides is 3. The molecule has 1 fully saturated rings. The Kier molecular flexibility index (Phi) is 7.83. The third kappa shape index (κ3) is 5.75. The first-order valence-electron chi connectivity index (χ1n) is 11.9. The van der Waals surface area contributed by atoms with Crippen LogP contribution in [0.15, 0.2) is 36.4 Å². The molecule has 1 aromatic heterocycles. The molecule has 0 aliphatic heterocycles. The van der Waals surface area contributed by atoms with Crippen LogP contribution in [0, 0.1) is 18.2 Å². The summed E-state index contributed by atoms with van der Waals surface area (Å²) >= 11 is 6.75. The van der Waals surface area contributed by atoms with E-state index in [9.17, 15) is 31.9 Å². The zero-order valence-electron chi connectivity index (χ0n) is 21.4. The fraction of sp³-hybridized carbons (Fsp3) is 0.308. The highest BCUT2D eigenvalue weighted by Crippen LogP contribution is 2.51. The molecule has 0 saturated heterocycles. The first-order chi connectivity index (χ1) is 18.6. The van der Waals surface area contributed by atoms with Gasteiger partial charge < -0.3 is 15.8 Å². The number of benzene rings is 2. The van der Waals surface area contributed by atoms with Crippen LogP contribution < -0.4 is 20.7 Å². The van der Waals surface area contributed by atoms with Gasteiger partial charge in [0.25, 0.3) is 5.91 Å². The molecule has 0 unspecified atom stereocenters. The molecule has 14 heteroatoms. The Morgan fingerprint density at radius 2 is 1.85 bits per heavy atom. The van der Waals surface area contributed by atoms with Crippen LogP contribution in [0.25, 0.3) is 0 Å². The molecule has 4 rings (SSSR count). The summed E-state index contributed by atoms with van der Waals surface area (Å²) in [5.74, 6) is -3.07. The number of nitrogens with zero attached hydrogens (tertiary/aromatic N) is 2. The molecule has 8 nitrogen and oxygen atoms in total. The van der Waals surface area contributed by atoms with E-state index in [2.05, 4.69) is 10.3 Å². The maximum atomic E-state index is 14.2. The third-order valence-corrected chi connectivity index (χ3v) is 7.56. The molecule has 212 valence electrons.